The second kappa shape index (κ2) is 10.6. The van der Waals surface area contributed by atoms with Crippen molar-refractivity contribution in [1.82, 2.24) is 9.13 Å². The van der Waals surface area contributed by atoms with Crippen molar-refractivity contribution in [2.24, 2.45) is 0 Å². The summed E-state index contributed by atoms with van der Waals surface area (Å²) in [5.41, 5.74) is 14.7. The first-order valence-electron chi connectivity index (χ1n) is 16.5. The summed E-state index contributed by atoms with van der Waals surface area (Å²) in [4.78, 5) is 0. The lowest BCUT2D eigenvalue weighted by molar-refractivity contribution is 1.18. The van der Waals surface area contributed by atoms with Crippen LogP contribution < -0.4 is 0 Å². The van der Waals surface area contributed by atoms with Crippen LogP contribution in [0.2, 0.25) is 0 Å². The standard InChI is InChI=1S/C46H30N2/c1-2-12-35-36(13-3-1)42(32-24-28-34(29-25-32)48-45-20-10-6-16-39(45)40-17-7-11-21-46(40)48)30-41(35)31-22-26-33(27-23-31)47-43-18-8-4-14-37(43)38-15-5-9-19-44(38)47/h1-30H. The van der Waals surface area contributed by atoms with Crippen molar-refractivity contribution >= 4 is 43.6 Å². The topological polar surface area (TPSA) is 9.86 Å². The summed E-state index contributed by atoms with van der Waals surface area (Å²) in [6, 6.07) is 66.1. The number of rotatable bonds is 4. The Bertz CT molecular complexity index is 2460. The third kappa shape index (κ3) is 4.00. The van der Waals surface area contributed by atoms with Gasteiger partial charge < -0.3 is 9.13 Å². The molecular formula is C46H30N2. The van der Waals surface area contributed by atoms with Crippen LogP contribution >= 0.6 is 0 Å². The van der Waals surface area contributed by atoms with E-state index in [1.165, 1.54) is 88.4 Å². The summed E-state index contributed by atoms with van der Waals surface area (Å²) < 4.78 is 4.75. The van der Waals surface area contributed by atoms with Crippen LogP contribution in [0, 0.1) is 0 Å². The number of hydrogen-bond acceptors (Lipinski definition) is 0. The zero-order valence-electron chi connectivity index (χ0n) is 26.2. The fourth-order valence-corrected chi connectivity index (χ4v) is 7.78. The number of nitrogens with zero attached hydrogens (tertiary/aromatic N) is 2. The minimum atomic E-state index is 1.17. The van der Waals surface area contributed by atoms with Crippen LogP contribution in [0.4, 0.5) is 0 Å². The Morgan fingerprint density at radius 1 is 0.250 bits per heavy atom. The lowest BCUT2D eigenvalue weighted by Crippen LogP contribution is -1.93. The summed E-state index contributed by atoms with van der Waals surface area (Å²) in [6.45, 7) is 0. The Morgan fingerprint density at radius 3 is 0.917 bits per heavy atom. The molecule has 0 N–H and O–H groups in total. The predicted octanol–water partition coefficient (Wildman–Crippen LogP) is 12.3. The maximum Gasteiger partial charge on any atom is 0.0541 e. The number of hydrogen-bond donors (Lipinski definition) is 0. The second-order valence-corrected chi connectivity index (χ2v) is 12.5. The first-order chi connectivity index (χ1) is 23.8. The molecule has 0 fully saturated rings. The molecule has 0 aliphatic heterocycles. The van der Waals surface area contributed by atoms with Crippen molar-refractivity contribution in [3.05, 3.63) is 182 Å². The molecule has 2 heteroatoms. The van der Waals surface area contributed by atoms with E-state index in [4.69, 9.17) is 0 Å². The normalized spacial score (nSPS) is 11.8. The first kappa shape index (κ1) is 26.8. The molecule has 0 radical (unpaired) electrons. The Morgan fingerprint density at radius 2 is 0.562 bits per heavy atom. The molecule has 8 aromatic rings. The van der Waals surface area contributed by atoms with Crippen molar-refractivity contribution in [3.63, 3.8) is 0 Å². The van der Waals surface area contributed by atoms with Crippen molar-refractivity contribution in [2.45, 2.75) is 0 Å². The lowest BCUT2D eigenvalue weighted by Gasteiger charge is -2.09. The van der Waals surface area contributed by atoms with E-state index in [1.807, 2.05) is 0 Å². The van der Waals surface area contributed by atoms with Gasteiger partial charge in [0.2, 0.25) is 0 Å². The molecule has 0 amide bonds. The third-order valence-electron chi connectivity index (χ3n) is 9.94. The van der Waals surface area contributed by atoms with Gasteiger partial charge in [0.1, 0.15) is 0 Å². The van der Waals surface area contributed by atoms with Crippen LogP contribution in [-0.4, -0.2) is 9.13 Å². The number of benzene rings is 6. The monoisotopic (exact) mass is 610 g/mol. The van der Waals surface area contributed by atoms with Gasteiger partial charge >= 0.3 is 0 Å². The average Bonchev–Trinajstić information content (AvgIpc) is 3.72. The smallest absolute Gasteiger partial charge is 0.0541 e. The Hall–Kier alpha value is -6.38. The third-order valence-corrected chi connectivity index (χ3v) is 9.94. The van der Waals surface area contributed by atoms with E-state index in [2.05, 4.69) is 191 Å². The molecule has 2 nitrogen and oxygen atoms in total. The fraction of sp³-hybridized carbons (Fsp3) is 0. The average molecular weight is 611 g/mol. The fourth-order valence-electron chi connectivity index (χ4n) is 7.78. The van der Waals surface area contributed by atoms with Crippen LogP contribution in [0.3, 0.4) is 0 Å². The minimum absolute atomic E-state index is 1.17. The molecule has 2 heterocycles. The summed E-state index contributed by atoms with van der Waals surface area (Å²) in [7, 11) is 0. The maximum atomic E-state index is 2.38. The van der Waals surface area contributed by atoms with Crippen molar-refractivity contribution in [1.29, 1.82) is 0 Å². The first-order valence-corrected chi connectivity index (χ1v) is 16.5. The van der Waals surface area contributed by atoms with E-state index in [1.54, 1.807) is 0 Å². The van der Waals surface area contributed by atoms with Crippen molar-refractivity contribution in [2.75, 3.05) is 0 Å². The highest BCUT2D eigenvalue weighted by Crippen LogP contribution is 2.44. The zero-order valence-corrected chi connectivity index (χ0v) is 26.2. The summed E-state index contributed by atoms with van der Waals surface area (Å²) >= 11 is 0. The van der Waals surface area contributed by atoms with E-state index in [9.17, 15) is 0 Å². The predicted molar refractivity (Wildman–Crippen MR) is 203 cm³/mol. The van der Waals surface area contributed by atoms with E-state index < -0.39 is 0 Å². The zero-order chi connectivity index (χ0) is 31.6. The molecule has 0 bridgehead atoms. The van der Waals surface area contributed by atoms with Gasteiger partial charge in [-0.1, -0.05) is 127 Å². The van der Waals surface area contributed by atoms with Gasteiger partial charge in [0.25, 0.3) is 0 Å². The molecule has 224 valence electrons. The highest BCUT2D eigenvalue weighted by Gasteiger charge is 2.19. The Kier molecular flexibility index (Phi) is 5.91. The minimum Gasteiger partial charge on any atom is -0.309 e. The molecule has 6 aromatic carbocycles. The second-order valence-electron chi connectivity index (χ2n) is 12.5. The summed E-state index contributed by atoms with van der Waals surface area (Å²) in [5, 5.41) is 5.11. The molecule has 48 heavy (non-hydrogen) atoms. The molecule has 0 spiro atoms. The van der Waals surface area contributed by atoms with Gasteiger partial charge in [-0.25, -0.2) is 0 Å². The van der Waals surface area contributed by atoms with Gasteiger partial charge in [0.15, 0.2) is 0 Å². The van der Waals surface area contributed by atoms with Crippen LogP contribution in [-0.2, 0) is 0 Å². The molecule has 0 saturated heterocycles. The van der Waals surface area contributed by atoms with E-state index in [0.29, 0.717) is 0 Å². The summed E-state index contributed by atoms with van der Waals surface area (Å²) in [5.74, 6) is 0. The molecule has 10 rings (SSSR count). The number of fused-ring (bicyclic) bond motifs is 7. The van der Waals surface area contributed by atoms with Gasteiger partial charge in [-0.2, -0.15) is 0 Å². The number of para-hydroxylation sites is 4. The quantitative estimate of drug-likeness (QED) is 0.188. The largest absolute Gasteiger partial charge is 0.309 e. The van der Waals surface area contributed by atoms with Gasteiger partial charge in [0.05, 0.1) is 22.1 Å². The van der Waals surface area contributed by atoms with Crippen LogP contribution in [0.15, 0.2) is 182 Å². The Labute approximate surface area is 278 Å². The lowest BCUT2D eigenvalue weighted by atomic mass is 10.0. The molecule has 0 atom stereocenters. The van der Waals surface area contributed by atoms with Crippen molar-refractivity contribution < 1.29 is 0 Å². The van der Waals surface area contributed by atoms with Crippen LogP contribution in [0.5, 0.6) is 0 Å². The number of aromatic nitrogens is 2. The van der Waals surface area contributed by atoms with Crippen molar-refractivity contribution in [3.8, 4) is 44.8 Å². The Balaban J connectivity index is 1.07. The molecule has 2 aliphatic carbocycles. The SMILES string of the molecule is c1ccc2c(-c3ccc(-n4c5ccccc5c5ccccc54)cc3)cc(-c3ccc(-n4c5ccccc5c5ccccc54)cc3)c-2cc1. The van der Waals surface area contributed by atoms with E-state index in [-0.39, 0.29) is 0 Å². The van der Waals surface area contributed by atoms with Gasteiger partial charge in [0, 0.05) is 32.9 Å². The molecule has 0 unspecified atom stereocenters. The van der Waals surface area contributed by atoms with E-state index in [0.717, 1.165) is 0 Å². The molecule has 2 aromatic heterocycles. The van der Waals surface area contributed by atoms with Gasteiger partial charge in [-0.3, -0.25) is 0 Å². The van der Waals surface area contributed by atoms with Gasteiger partial charge in [-0.05, 0) is 88.0 Å². The molecule has 0 saturated carbocycles. The molecular weight excluding hydrogens is 581 g/mol. The summed E-state index contributed by atoms with van der Waals surface area (Å²) in [6.07, 6.45) is 0. The highest BCUT2D eigenvalue weighted by molar-refractivity contribution is 6.10. The van der Waals surface area contributed by atoms with Crippen LogP contribution in [0.1, 0.15) is 0 Å². The van der Waals surface area contributed by atoms with E-state index >= 15 is 0 Å². The molecule has 2 aliphatic rings. The van der Waals surface area contributed by atoms with Gasteiger partial charge in [-0.15, -0.1) is 0 Å². The van der Waals surface area contributed by atoms with Crippen LogP contribution in [0.25, 0.3) is 88.4 Å². The maximum absolute atomic E-state index is 2.38. The highest BCUT2D eigenvalue weighted by atomic mass is 15.0.